The number of hydrogen-bond donors (Lipinski definition) is 1. The minimum atomic E-state index is -0.139. The SMILES string of the molecule is Cc1cc(C)nc(SCc2ccc(C(=O)NC3CCN(Cc4ccccc4)CC3)o2)n1. The fraction of sp³-hybridized carbons (Fsp3) is 0.375. The van der Waals surface area contributed by atoms with E-state index >= 15 is 0 Å². The van der Waals surface area contributed by atoms with Crippen molar-refractivity contribution >= 4 is 17.7 Å². The number of piperidine rings is 1. The molecule has 1 saturated heterocycles. The van der Waals surface area contributed by atoms with Crippen molar-refractivity contribution in [2.45, 2.75) is 50.2 Å². The van der Waals surface area contributed by atoms with Gasteiger partial charge in [-0.15, -0.1) is 0 Å². The summed E-state index contributed by atoms with van der Waals surface area (Å²) in [6.45, 7) is 6.84. The lowest BCUT2D eigenvalue weighted by Crippen LogP contribution is -2.44. The third-order valence-electron chi connectivity index (χ3n) is 5.36. The number of nitrogens with one attached hydrogen (secondary N) is 1. The van der Waals surface area contributed by atoms with Gasteiger partial charge < -0.3 is 9.73 Å². The first-order chi connectivity index (χ1) is 15.0. The third-order valence-corrected chi connectivity index (χ3v) is 6.23. The van der Waals surface area contributed by atoms with E-state index in [0.717, 1.165) is 54.8 Å². The van der Waals surface area contributed by atoms with Crippen LogP contribution >= 0.6 is 11.8 Å². The molecule has 0 atom stereocenters. The van der Waals surface area contributed by atoms with Crippen molar-refractivity contribution in [2.24, 2.45) is 0 Å². The molecule has 6 nitrogen and oxygen atoms in total. The summed E-state index contributed by atoms with van der Waals surface area (Å²) < 4.78 is 5.77. The normalized spacial score (nSPS) is 15.2. The van der Waals surface area contributed by atoms with Gasteiger partial charge in [0.15, 0.2) is 10.9 Å². The van der Waals surface area contributed by atoms with Gasteiger partial charge in [0.05, 0.1) is 5.75 Å². The van der Waals surface area contributed by atoms with Crippen LogP contribution in [0.25, 0.3) is 0 Å². The highest BCUT2D eigenvalue weighted by Gasteiger charge is 2.22. The molecule has 0 radical (unpaired) electrons. The van der Waals surface area contributed by atoms with Crippen LogP contribution in [0.5, 0.6) is 0 Å². The predicted octanol–water partition coefficient (Wildman–Crippen LogP) is 4.37. The van der Waals surface area contributed by atoms with E-state index in [2.05, 4.69) is 44.5 Å². The van der Waals surface area contributed by atoms with Crippen LogP contribution in [-0.4, -0.2) is 39.9 Å². The van der Waals surface area contributed by atoms with Gasteiger partial charge in [0.1, 0.15) is 5.76 Å². The summed E-state index contributed by atoms with van der Waals surface area (Å²) in [5.74, 6) is 1.56. The Labute approximate surface area is 187 Å². The van der Waals surface area contributed by atoms with Crippen molar-refractivity contribution in [3.8, 4) is 0 Å². The van der Waals surface area contributed by atoms with E-state index in [1.165, 1.54) is 17.3 Å². The second kappa shape index (κ2) is 10.1. The molecular formula is C24H28N4O2S. The minimum absolute atomic E-state index is 0.139. The van der Waals surface area contributed by atoms with Crippen molar-refractivity contribution in [3.05, 3.63) is 77.0 Å². The van der Waals surface area contributed by atoms with Gasteiger partial charge >= 0.3 is 0 Å². The van der Waals surface area contributed by atoms with E-state index in [-0.39, 0.29) is 11.9 Å². The number of rotatable bonds is 7. The summed E-state index contributed by atoms with van der Waals surface area (Å²) in [5, 5.41) is 3.86. The van der Waals surface area contributed by atoms with Gasteiger partial charge in [0.25, 0.3) is 5.91 Å². The maximum atomic E-state index is 12.6. The van der Waals surface area contributed by atoms with Crippen LogP contribution in [0.4, 0.5) is 0 Å². The Balaban J connectivity index is 1.24. The van der Waals surface area contributed by atoms with E-state index in [1.54, 1.807) is 6.07 Å². The second-order valence-corrected chi connectivity index (χ2v) is 8.94. The molecule has 0 aliphatic carbocycles. The molecule has 31 heavy (non-hydrogen) atoms. The van der Waals surface area contributed by atoms with E-state index in [9.17, 15) is 4.79 Å². The van der Waals surface area contributed by atoms with Crippen molar-refractivity contribution < 1.29 is 9.21 Å². The number of carbonyl (C=O) groups excluding carboxylic acids is 1. The molecular weight excluding hydrogens is 408 g/mol. The highest BCUT2D eigenvalue weighted by atomic mass is 32.2. The first-order valence-electron chi connectivity index (χ1n) is 10.7. The van der Waals surface area contributed by atoms with Gasteiger partial charge in [-0.05, 0) is 50.5 Å². The highest BCUT2D eigenvalue weighted by Crippen LogP contribution is 2.22. The summed E-state index contributed by atoms with van der Waals surface area (Å²) in [4.78, 5) is 23.9. The number of amides is 1. The topological polar surface area (TPSA) is 71.3 Å². The fourth-order valence-electron chi connectivity index (χ4n) is 3.80. The zero-order valence-corrected chi connectivity index (χ0v) is 18.8. The number of aromatic nitrogens is 2. The number of aryl methyl sites for hydroxylation is 2. The van der Waals surface area contributed by atoms with E-state index in [0.29, 0.717) is 11.5 Å². The highest BCUT2D eigenvalue weighted by molar-refractivity contribution is 7.98. The summed E-state index contributed by atoms with van der Waals surface area (Å²) in [6.07, 6.45) is 1.90. The Morgan fingerprint density at radius 2 is 1.81 bits per heavy atom. The van der Waals surface area contributed by atoms with Crippen molar-refractivity contribution in [2.75, 3.05) is 13.1 Å². The molecule has 0 unspecified atom stereocenters. The number of hydrogen-bond acceptors (Lipinski definition) is 6. The summed E-state index contributed by atoms with van der Waals surface area (Å²) in [6, 6.07) is 16.3. The van der Waals surface area contributed by atoms with Gasteiger partial charge in [0.2, 0.25) is 0 Å². The minimum Gasteiger partial charge on any atom is -0.455 e. The molecule has 0 bridgehead atoms. The lowest BCUT2D eigenvalue weighted by atomic mass is 10.0. The summed E-state index contributed by atoms with van der Waals surface area (Å²) in [5.41, 5.74) is 3.23. The first kappa shape index (κ1) is 21.6. The molecule has 4 rings (SSSR count). The van der Waals surface area contributed by atoms with Crippen LogP contribution in [-0.2, 0) is 12.3 Å². The van der Waals surface area contributed by atoms with Gasteiger partial charge in [-0.2, -0.15) is 0 Å². The van der Waals surface area contributed by atoms with Crippen molar-refractivity contribution in [1.82, 2.24) is 20.2 Å². The molecule has 1 aromatic carbocycles. The standard InChI is InChI=1S/C24H28N4O2S/c1-17-14-18(2)26-24(25-17)31-16-21-8-9-22(30-21)23(29)27-20-10-12-28(13-11-20)15-19-6-4-3-5-7-19/h3-9,14,20H,10-13,15-16H2,1-2H3,(H,27,29). The quantitative estimate of drug-likeness (QED) is 0.438. The number of furan rings is 1. The lowest BCUT2D eigenvalue weighted by Gasteiger charge is -2.32. The smallest absolute Gasteiger partial charge is 0.287 e. The molecule has 1 aliphatic rings. The van der Waals surface area contributed by atoms with Gasteiger partial charge in [-0.3, -0.25) is 9.69 Å². The maximum Gasteiger partial charge on any atom is 0.287 e. The summed E-state index contributed by atoms with van der Waals surface area (Å²) >= 11 is 1.51. The molecule has 7 heteroatoms. The molecule has 162 valence electrons. The van der Waals surface area contributed by atoms with Crippen LogP contribution < -0.4 is 5.32 Å². The van der Waals surface area contributed by atoms with Crippen molar-refractivity contribution in [3.63, 3.8) is 0 Å². The van der Waals surface area contributed by atoms with E-state index in [1.807, 2.05) is 32.0 Å². The van der Waals surface area contributed by atoms with Crippen LogP contribution in [0.3, 0.4) is 0 Å². The number of carbonyl (C=O) groups is 1. The Kier molecular flexibility index (Phi) is 7.04. The van der Waals surface area contributed by atoms with Gasteiger partial charge in [-0.1, -0.05) is 42.1 Å². The molecule has 0 spiro atoms. The number of likely N-dealkylation sites (tertiary alicyclic amines) is 1. The average molecular weight is 437 g/mol. The molecule has 1 aliphatic heterocycles. The molecule has 2 aromatic heterocycles. The van der Waals surface area contributed by atoms with Gasteiger partial charge in [0, 0.05) is 37.1 Å². The Morgan fingerprint density at radius 1 is 1.10 bits per heavy atom. The lowest BCUT2D eigenvalue weighted by molar-refractivity contribution is 0.0879. The zero-order valence-electron chi connectivity index (χ0n) is 18.0. The largest absolute Gasteiger partial charge is 0.455 e. The number of benzene rings is 1. The molecule has 3 heterocycles. The third kappa shape index (κ3) is 6.18. The van der Waals surface area contributed by atoms with Crippen LogP contribution in [0.1, 0.15) is 46.1 Å². The molecule has 0 saturated carbocycles. The molecule has 1 amide bonds. The monoisotopic (exact) mass is 436 g/mol. The second-order valence-electron chi connectivity index (χ2n) is 8.00. The van der Waals surface area contributed by atoms with E-state index in [4.69, 9.17) is 4.42 Å². The van der Waals surface area contributed by atoms with Crippen LogP contribution in [0.2, 0.25) is 0 Å². The Morgan fingerprint density at radius 3 is 2.52 bits per heavy atom. The Bertz CT molecular complexity index is 993. The number of thioether (sulfide) groups is 1. The van der Waals surface area contributed by atoms with Gasteiger partial charge in [-0.25, -0.2) is 9.97 Å². The number of nitrogens with zero attached hydrogens (tertiary/aromatic N) is 3. The molecule has 3 aromatic rings. The summed E-state index contributed by atoms with van der Waals surface area (Å²) in [7, 11) is 0. The average Bonchev–Trinajstić information content (AvgIpc) is 3.23. The van der Waals surface area contributed by atoms with Crippen LogP contribution in [0, 0.1) is 13.8 Å². The van der Waals surface area contributed by atoms with Crippen molar-refractivity contribution in [1.29, 1.82) is 0 Å². The predicted molar refractivity (Wildman–Crippen MR) is 122 cm³/mol. The van der Waals surface area contributed by atoms with E-state index < -0.39 is 0 Å². The fourth-order valence-corrected chi connectivity index (χ4v) is 4.65. The maximum absolute atomic E-state index is 12.6. The van der Waals surface area contributed by atoms with Crippen LogP contribution in [0.15, 0.2) is 58.1 Å². The first-order valence-corrected chi connectivity index (χ1v) is 11.6. The Hall–Kier alpha value is -2.64. The molecule has 1 N–H and O–H groups in total. The zero-order chi connectivity index (χ0) is 21.6. The molecule has 1 fully saturated rings.